The third-order valence-corrected chi connectivity index (χ3v) is 2.07. The van der Waals surface area contributed by atoms with E-state index in [9.17, 15) is 0 Å². The van der Waals surface area contributed by atoms with Crippen molar-refractivity contribution in [3.8, 4) is 0 Å². The molecule has 0 heterocycles. The molecule has 0 aliphatic carbocycles. The first kappa shape index (κ1) is 11.1. The van der Waals surface area contributed by atoms with E-state index in [0.29, 0.717) is 0 Å². The Hall–Kier alpha value is 1.25. The van der Waals surface area contributed by atoms with Crippen LogP contribution >= 0.6 is 15.9 Å². The van der Waals surface area contributed by atoms with E-state index in [4.69, 9.17) is 0 Å². The van der Waals surface area contributed by atoms with Crippen molar-refractivity contribution in [2.45, 2.75) is 20.3 Å². The van der Waals surface area contributed by atoms with Crippen LogP contribution in [0.1, 0.15) is 20.3 Å². The van der Waals surface area contributed by atoms with E-state index in [2.05, 4.69) is 29.8 Å². The zero-order chi connectivity index (χ0) is 4.99. The smallest absolute Gasteiger partial charge is 0.0925 e. The lowest BCUT2D eigenvalue weighted by Gasteiger charge is -1.97. The zero-order valence-electron chi connectivity index (χ0n) is 4.37. The van der Waals surface area contributed by atoms with Gasteiger partial charge < -0.3 is 0 Å². The Balaban J connectivity index is 0. The van der Waals surface area contributed by atoms with Crippen molar-refractivity contribution in [2.24, 2.45) is 5.92 Å². The molecule has 0 N–H and O–H groups in total. The quantitative estimate of drug-likeness (QED) is 0.443. The van der Waals surface area contributed by atoms with Crippen LogP contribution in [0, 0.1) is 5.92 Å². The molecule has 0 aromatic carbocycles. The summed E-state index contributed by atoms with van der Waals surface area (Å²) in [6.45, 7) is 4.43. The summed E-state index contributed by atoms with van der Waals surface area (Å²) in [5.74, 6) is 0.852. The third kappa shape index (κ3) is 7.25. The summed E-state index contributed by atoms with van der Waals surface area (Å²) in [6, 6.07) is 0. The van der Waals surface area contributed by atoms with E-state index < -0.39 is 0 Å². The second kappa shape index (κ2) is 7.25. The lowest BCUT2D eigenvalue weighted by Crippen LogP contribution is -1.89. The van der Waals surface area contributed by atoms with Gasteiger partial charge in [0.25, 0.3) is 0 Å². The molecule has 0 aromatic rings. The van der Waals surface area contributed by atoms with Crippen molar-refractivity contribution < 1.29 is 0 Å². The summed E-state index contributed by atoms with van der Waals surface area (Å²) in [7, 11) is 0. The lowest BCUT2D eigenvalue weighted by molar-refractivity contribution is 0.641. The maximum Gasteiger partial charge on any atom is 0.316 e. The zero-order valence-corrected chi connectivity index (χ0v) is 5.96. The predicted octanol–water partition coefficient (Wildman–Crippen LogP) is 1.51. The molecule has 7 heavy (non-hydrogen) atoms. The maximum atomic E-state index is 3.37. The van der Waals surface area contributed by atoms with Gasteiger partial charge >= 0.3 is 23.1 Å². The van der Waals surface area contributed by atoms with Crippen LogP contribution in [0.5, 0.6) is 0 Å². The molecule has 0 radical (unpaired) electrons. The van der Waals surface area contributed by atoms with Crippen molar-refractivity contribution >= 4 is 39.0 Å². The number of hydrogen-bond donors (Lipinski definition) is 0. The molecule has 0 fully saturated rings. The molecule has 0 saturated carbocycles. The lowest BCUT2D eigenvalue weighted by atomic mass is 10.2. The van der Waals surface area contributed by atoms with E-state index in [1.165, 1.54) is 6.42 Å². The second-order valence-electron chi connectivity index (χ2n) is 1.67. The first-order valence-corrected chi connectivity index (χ1v) is 3.49. The van der Waals surface area contributed by atoms with E-state index in [-0.39, 0.29) is 23.1 Å². The van der Waals surface area contributed by atoms with E-state index in [1.807, 2.05) is 0 Å². The highest BCUT2D eigenvalue weighted by Gasteiger charge is 1.90. The average Bonchev–Trinajstić information content (AvgIpc) is 1.65. The standard InChI is InChI=1S/C5H11Br.Mg.2H/c1-3-5(2)4-6;;;/h5H,3-4H2,1-2H3;;;. The first-order valence-electron chi connectivity index (χ1n) is 2.37. The van der Waals surface area contributed by atoms with Crippen LogP contribution in [0.2, 0.25) is 0 Å². The van der Waals surface area contributed by atoms with Crippen LogP contribution < -0.4 is 0 Å². The average molecular weight is 177 g/mol. The summed E-state index contributed by atoms with van der Waals surface area (Å²) in [5.41, 5.74) is 0. The summed E-state index contributed by atoms with van der Waals surface area (Å²) in [5, 5.41) is 1.14. The Labute approximate surface area is 70.3 Å². The fourth-order valence-corrected chi connectivity index (χ4v) is 0.567. The fourth-order valence-electron chi connectivity index (χ4n) is 0.109. The molecule has 0 saturated heterocycles. The molecule has 0 aliphatic heterocycles. The van der Waals surface area contributed by atoms with Gasteiger partial charge in [-0.25, -0.2) is 0 Å². The van der Waals surface area contributed by atoms with Crippen molar-refractivity contribution in [2.75, 3.05) is 5.33 Å². The topological polar surface area (TPSA) is 0 Å². The molecule has 0 amide bonds. The van der Waals surface area contributed by atoms with Gasteiger partial charge in [0.15, 0.2) is 0 Å². The molecule has 0 rings (SSSR count). The number of alkyl halides is 1. The molecule has 1 unspecified atom stereocenters. The highest BCUT2D eigenvalue weighted by atomic mass is 79.9. The third-order valence-electron chi connectivity index (χ3n) is 0.960. The van der Waals surface area contributed by atoms with E-state index in [0.717, 1.165) is 11.2 Å². The normalized spacial score (nSPS) is 12.4. The summed E-state index contributed by atoms with van der Waals surface area (Å²) in [6.07, 6.45) is 1.28. The van der Waals surface area contributed by atoms with Gasteiger partial charge in [-0.05, 0) is 5.92 Å². The van der Waals surface area contributed by atoms with Gasteiger partial charge in [-0.1, -0.05) is 36.2 Å². The Morgan fingerprint density at radius 3 is 2.00 bits per heavy atom. The van der Waals surface area contributed by atoms with E-state index >= 15 is 0 Å². The van der Waals surface area contributed by atoms with Gasteiger partial charge in [0.2, 0.25) is 0 Å². The first-order chi connectivity index (χ1) is 2.81. The van der Waals surface area contributed by atoms with Crippen molar-refractivity contribution in [1.82, 2.24) is 0 Å². The minimum Gasteiger partial charge on any atom is -0.0925 e. The number of halogens is 1. The molecule has 0 bridgehead atoms. The highest BCUT2D eigenvalue weighted by Crippen LogP contribution is 2.02. The largest absolute Gasteiger partial charge is 0.316 e. The molecule has 42 valence electrons. The van der Waals surface area contributed by atoms with Gasteiger partial charge in [-0.15, -0.1) is 0 Å². The molecule has 0 aliphatic rings. The van der Waals surface area contributed by atoms with Crippen molar-refractivity contribution in [1.29, 1.82) is 0 Å². The maximum absolute atomic E-state index is 3.37. The molecule has 2 heteroatoms. The summed E-state index contributed by atoms with van der Waals surface area (Å²) < 4.78 is 0. The monoisotopic (exact) mass is 176 g/mol. The minimum atomic E-state index is 0. The summed E-state index contributed by atoms with van der Waals surface area (Å²) in [4.78, 5) is 0. The van der Waals surface area contributed by atoms with Gasteiger partial charge in [0.05, 0.1) is 0 Å². The molecule has 0 nitrogen and oxygen atoms in total. The van der Waals surface area contributed by atoms with Crippen LogP contribution in [-0.4, -0.2) is 28.4 Å². The van der Waals surface area contributed by atoms with E-state index in [1.54, 1.807) is 0 Å². The molecular weight excluding hydrogens is 164 g/mol. The minimum absolute atomic E-state index is 0. The Morgan fingerprint density at radius 1 is 1.57 bits per heavy atom. The highest BCUT2D eigenvalue weighted by molar-refractivity contribution is 9.09. The molecule has 1 atom stereocenters. The van der Waals surface area contributed by atoms with Crippen LogP contribution in [0.3, 0.4) is 0 Å². The van der Waals surface area contributed by atoms with Crippen LogP contribution in [-0.2, 0) is 0 Å². The Bertz CT molecular complexity index is 27.3. The molecular formula is C5H13BrMg. The van der Waals surface area contributed by atoms with Crippen LogP contribution in [0.25, 0.3) is 0 Å². The Kier molecular flexibility index (Phi) is 11.5. The van der Waals surface area contributed by atoms with Crippen LogP contribution in [0.4, 0.5) is 0 Å². The molecule has 0 aromatic heterocycles. The predicted molar refractivity (Wildman–Crippen MR) is 41.8 cm³/mol. The molecule has 0 spiro atoms. The second-order valence-corrected chi connectivity index (χ2v) is 2.32. The number of hydrogen-bond acceptors (Lipinski definition) is 0. The fraction of sp³-hybridized carbons (Fsp3) is 1.00. The van der Waals surface area contributed by atoms with Gasteiger partial charge in [0, 0.05) is 5.33 Å². The SMILES string of the molecule is CCC(C)CBr.[MgH2]. The van der Waals surface area contributed by atoms with Gasteiger partial charge in [-0.2, -0.15) is 0 Å². The van der Waals surface area contributed by atoms with Gasteiger partial charge in [0.1, 0.15) is 0 Å². The Morgan fingerprint density at radius 2 is 2.00 bits per heavy atom. The van der Waals surface area contributed by atoms with Crippen LogP contribution in [0.15, 0.2) is 0 Å². The van der Waals surface area contributed by atoms with Crippen molar-refractivity contribution in [3.63, 3.8) is 0 Å². The van der Waals surface area contributed by atoms with Crippen molar-refractivity contribution in [3.05, 3.63) is 0 Å². The number of rotatable bonds is 2. The summed E-state index contributed by atoms with van der Waals surface area (Å²) >= 11 is 3.37. The van der Waals surface area contributed by atoms with Gasteiger partial charge in [-0.3, -0.25) is 0 Å².